The van der Waals surface area contributed by atoms with Gasteiger partial charge in [0, 0.05) is 12.0 Å². The second-order valence-electron chi connectivity index (χ2n) is 7.76. The minimum atomic E-state index is -0.313. The van der Waals surface area contributed by atoms with Crippen molar-refractivity contribution in [2.24, 2.45) is 4.99 Å². The molecule has 1 aromatic heterocycles. The Balaban J connectivity index is 0.00000363. The maximum absolute atomic E-state index is 12.1. The first kappa shape index (κ1) is 26.4. The van der Waals surface area contributed by atoms with Gasteiger partial charge in [-0.3, -0.25) is 4.99 Å². The number of hydrogen-bond acceptors (Lipinski definition) is 6. The Hall–Kier alpha value is -1.88. The van der Waals surface area contributed by atoms with Crippen molar-refractivity contribution in [2.75, 3.05) is 26.8 Å². The van der Waals surface area contributed by atoms with Gasteiger partial charge in [0.2, 0.25) is 0 Å². The molecular formula is C23H33IN4O3S. The second kappa shape index (κ2) is 11.8. The van der Waals surface area contributed by atoms with Crippen LogP contribution in [0.2, 0.25) is 0 Å². The summed E-state index contributed by atoms with van der Waals surface area (Å²) in [5, 5.41) is 7.59. The van der Waals surface area contributed by atoms with Gasteiger partial charge in [0.1, 0.15) is 15.6 Å². The number of aryl methyl sites for hydroxylation is 1. The summed E-state index contributed by atoms with van der Waals surface area (Å²) in [6.45, 7) is 9.54. The molecule has 0 saturated heterocycles. The van der Waals surface area contributed by atoms with Crippen LogP contribution >= 0.6 is 35.3 Å². The molecular weight excluding hydrogens is 539 g/mol. The first-order chi connectivity index (χ1) is 14.9. The van der Waals surface area contributed by atoms with E-state index in [1.807, 2.05) is 32.9 Å². The topological polar surface area (TPSA) is 84.8 Å². The van der Waals surface area contributed by atoms with Gasteiger partial charge < -0.3 is 20.1 Å². The standard InChI is InChI=1S/C23H32N4O3S.HI/c1-6-24-22(25-14-23(12-13-23)17-8-10-18(29-5)11-9-17)27-16(4)20-26-15(3)19(31-20)21(28)30-7-2;/h8-11,16H,6-7,12-14H2,1-5H3,(H2,24,25,27);1H. The van der Waals surface area contributed by atoms with E-state index in [-0.39, 0.29) is 41.4 Å². The summed E-state index contributed by atoms with van der Waals surface area (Å²) >= 11 is 1.37. The van der Waals surface area contributed by atoms with E-state index in [2.05, 4.69) is 27.8 Å². The summed E-state index contributed by atoms with van der Waals surface area (Å²) < 4.78 is 10.4. The Labute approximate surface area is 211 Å². The van der Waals surface area contributed by atoms with Crippen molar-refractivity contribution in [3.63, 3.8) is 0 Å². The van der Waals surface area contributed by atoms with Crippen LogP contribution in [0.3, 0.4) is 0 Å². The number of guanidine groups is 1. The lowest BCUT2D eigenvalue weighted by Gasteiger charge is -2.18. The molecule has 1 aromatic carbocycles. The smallest absolute Gasteiger partial charge is 0.350 e. The Bertz CT molecular complexity index is 926. The number of carbonyl (C=O) groups is 1. The lowest BCUT2D eigenvalue weighted by Crippen LogP contribution is -2.39. The highest BCUT2D eigenvalue weighted by molar-refractivity contribution is 14.0. The maximum Gasteiger partial charge on any atom is 0.350 e. The van der Waals surface area contributed by atoms with Crippen molar-refractivity contribution in [2.45, 2.75) is 52.0 Å². The van der Waals surface area contributed by atoms with Crippen molar-refractivity contribution >= 4 is 47.2 Å². The molecule has 9 heteroatoms. The van der Waals surface area contributed by atoms with Crippen LogP contribution in [0.25, 0.3) is 0 Å². The average Bonchev–Trinajstić information content (AvgIpc) is 3.46. The largest absolute Gasteiger partial charge is 0.497 e. The quantitative estimate of drug-likeness (QED) is 0.198. The van der Waals surface area contributed by atoms with E-state index < -0.39 is 0 Å². The number of thiazole rings is 1. The lowest BCUT2D eigenvalue weighted by molar-refractivity contribution is 0.0531. The molecule has 7 nitrogen and oxygen atoms in total. The molecule has 32 heavy (non-hydrogen) atoms. The molecule has 0 bridgehead atoms. The van der Waals surface area contributed by atoms with Crippen molar-refractivity contribution in [1.82, 2.24) is 15.6 Å². The van der Waals surface area contributed by atoms with Gasteiger partial charge in [0.15, 0.2) is 5.96 Å². The lowest BCUT2D eigenvalue weighted by atomic mass is 9.96. The number of hydrogen-bond donors (Lipinski definition) is 2. The van der Waals surface area contributed by atoms with Gasteiger partial charge in [-0.1, -0.05) is 12.1 Å². The number of rotatable bonds is 9. The highest BCUT2D eigenvalue weighted by Crippen LogP contribution is 2.48. The molecule has 1 aliphatic rings. The Kier molecular flexibility index (Phi) is 9.75. The molecule has 0 spiro atoms. The number of esters is 1. The van der Waals surface area contributed by atoms with Gasteiger partial charge in [-0.05, 0) is 58.2 Å². The molecule has 3 rings (SSSR count). The Morgan fingerprint density at radius 3 is 2.53 bits per heavy atom. The van der Waals surface area contributed by atoms with Crippen molar-refractivity contribution in [1.29, 1.82) is 0 Å². The Morgan fingerprint density at radius 2 is 1.97 bits per heavy atom. The molecule has 1 saturated carbocycles. The van der Waals surface area contributed by atoms with Crippen LogP contribution in [0.4, 0.5) is 0 Å². The van der Waals surface area contributed by atoms with Gasteiger partial charge in [-0.25, -0.2) is 9.78 Å². The predicted molar refractivity (Wildman–Crippen MR) is 140 cm³/mol. The van der Waals surface area contributed by atoms with Gasteiger partial charge in [-0.2, -0.15) is 0 Å². The third-order valence-electron chi connectivity index (χ3n) is 5.44. The SMILES string of the molecule is CCNC(=NCC1(c2ccc(OC)cc2)CC1)NC(C)c1nc(C)c(C(=O)OCC)s1.I. The highest BCUT2D eigenvalue weighted by Gasteiger charge is 2.44. The summed E-state index contributed by atoms with van der Waals surface area (Å²) in [5.74, 6) is 1.31. The molecule has 0 amide bonds. The number of aliphatic imine (C=N–C) groups is 1. The van der Waals surface area contributed by atoms with Crippen LogP contribution in [0.1, 0.15) is 65.6 Å². The first-order valence-electron chi connectivity index (χ1n) is 10.8. The summed E-state index contributed by atoms with van der Waals surface area (Å²) in [6.07, 6.45) is 2.26. The molecule has 2 N–H and O–H groups in total. The van der Waals surface area contributed by atoms with Gasteiger partial charge in [0.05, 0.1) is 32.0 Å². The fourth-order valence-electron chi connectivity index (χ4n) is 3.44. The van der Waals surface area contributed by atoms with Crippen molar-refractivity contribution < 1.29 is 14.3 Å². The van der Waals surface area contributed by atoms with Crippen LogP contribution < -0.4 is 15.4 Å². The molecule has 1 heterocycles. The van der Waals surface area contributed by atoms with E-state index in [0.29, 0.717) is 23.7 Å². The minimum Gasteiger partial charge on any atom is -0.497 e. The van der Waals surface area contributed by atoms with E-state index in [9.17, 15) is 4.79 Å². The normalized spacial score (nSPS) is 15.3. The summed E-state index contributed by atoms with van der Waals surface area (Å²) in [7, 11) is 1.68. The van der Waals surface area contributed by atoms with Crippen LogP contribution in [0.15, 0.2) is 29.3 Å². The van der Waals surface area contributed by atoms with Crippen LogP contribution in [-0.4, -0.2) is 43.7 Å². The molecule has 0 radical (unpaired) electrons. The highest BCUT2D eigenvalue weighted by atomic mass is 127. The third kappa shape index (κ3) is 6.34. The fraction of sp³-hybridized carbons (Fsp3) is 0.522. The number of nitrogens with one attached hydrogen (secondary N) is 2. The van der Waals surface area contributed by atoms with Gasteiger partial charge >= 0.3 is 5.97 Å². The average molecular weight is 573 g/mol. The number of nitrogens with zero attached hydrogens (tertiary/aromatic N) is 2. The van der Waals surface area contributed by atoms with Gasteiger partial charge in [-0.15, -0.1) is 35.3 Å². The van der Waals surface area contributed by atoms with Gasteiger partial charge in [0.25, 0.3) is 0 Å². The van der Waals surface area contributed by atoms with E-state index >= 15 is 0 Å². The van der Waals surface area contributed by atoms with E-state index in [1.54, 1.807) is 14.0 Å². The van der Waals surface area contributed by atoms with E-state index in [0.717, 1.165) is 36.1 Å². The van der Waals surface area contributed by atoms with Crippen LogP contribution in [0, 0.1) is 6.92 Å². The predicted octanol–water partition coefficient (Wildman–Crippen LogP) is 4.60. The zero-order chi connectivity index (χ0) is 22.4. The number of methoxy groups -OCH3 is 1. The zero-order valence-corrected chi connectivity index (χ0v) is 22.5. The minimum absolute atomic E-state index is 0. The monoisotopic (exact) mass is 572 g/mol. The number of halogens is 1. The number of carbonyl (C=O) groups excluding carboxylic acids is 1. The van der Waals surface area contributed by atoms with E-state index in [4.69, 9.17) is 14.5 Å². The summed E-state index contributed by atoms with van der Waals surface area (Å²) in [5.41, 5.74) is 2.10. The molecule has 1 fully saturated rings. The van der Waals surface area contributed by atoms with E-state index in [1.165, 1.54) is 16.9 Å². The molecule has 1 atom stereocenters. The number of ether oxygens (including phenoxy) is 2. The van der Waals surface area contributed by atoms with Crippen molar-refractivity contribution in [3.05, 3.63) is 45.4 Å². The molecule has 0 aliphatic heterocycles. The fourth-order valence-corrected chi connectivity index (χ4v) is 4.40. The zero-order valence-electron chi connectivity index (χ0n) is 19.4. The van der Waals surface area contributed by atoms with Crippen LogP contribution in [0.5, 0.6) is 5.75 Å². The number of benzene rings is 1. The molecule has 2 aromatic rings. The molecule has 1 unspecified atom stereocenters. The molecule has 1 aliphatic carbocycles. The maximum atomic E-state index is 12.1. The molecule has 176 valence electrons. The van der Waals surface area contributed by atoms with Crippen molar-refractivity contribution in [3.8, 4) is 5.75 Å². The van der Waals surface area contributed by atoms with Crippen LogP contribution in [-0.2, 0) is 10.2 Å². The first-order valence-corrected chi connectivity index (χ1v) is 11.6. The summed E-state index contributed by atoms with van der Waals surface area (Å²) in [4.78, 5) is 22.1. The Morgan fingerprint density at radius 1 is 1.28 bits per heavy atom. The summed E-state index contributed by atoms with van der Waals surface area (Å²) in [6, 6.07) is 8.22. The third-order valence-corrected chi connectivity index (χ3v) is 6.76. The number of aromatic nitrogens is 1. The second-order valence-corrected chi connectivity index (χ2v) is 8.79.